The first-order valence-corrected chi connectivity index (χ1v) is 8.84. The molecule has 128 valence electrons. The molecule has 2 heterocycles. The summed E-state index contributed by atoms with van der Waals surface area (Å²) < 4.78 is 5.31. The van der Waals surface area contributed by atoms with Gasteiger partial charge in [-0.3, -0.25) is 4.90 Å². The molecule has 3 aromatic rings. The summed E-state index contributed by atoms with van der Waals surface area (Å²) in [5, 5.41) is 1.01. The molecule has 0 spiro atoms. The fourth-order valence-corrected chi connectivity index (χ4v) is 3.50. The molecule has 0 atom stereocenters. The molecule has 1 fully saturated rings. The van der Waals surface area contributed by atoms with Crippen LogP contribution in [0.3, 0.4) is 0 Å². The molecule has 0 radical (unpaired) electrons. The molecule has 4 heteroatoms. The van der Waals surface area contributed by atoms with Crippen molar-refractivity contribution in [1.29, 1.82) is 0 Å². The molecule has 0 aliphatic carbocycles. The van der Waals surface area contributed by atoms with Gasteiger partial charge in [-0.15, -0.1) is 0 Å². The van der Waals surface area contributed by atoms with E-state index in [1.54, 1.807) is 6.07 Å². The second-order valence-corrected chi connectivity index (χ2v) is 6.51. The van der Waals surface area contributed by atoms with Crippen molar-refractivity contribution in [3.8, 4) is 0 Å². The summed E-state index contributed by atoms with van der Waals surface area (Å²) >= 11 is 0. The number of hydrogen-bond donors (Lipinski definition) is 0. The summed E-state index contributed by atoms with van der Waals surface area (Å²) in [6.45, 7) is 4.97. The van der Waals surface area contributed by atoms with E-state index in [1.807, 2.05) is 24.3 Å². The summed E-state index contributed by atoms with van der Waals surface area (Å²) in [6.07, 6.45) is 1.08. The molecule has 0 saturated carbocycles. The van der Waals surface area contributed by atoms with E-state index in [0.29, 0.717) is 5.58 Å². The maximum atomic E-state index is 11.9. The van der Waals surface area contributed by atoms with Crippen LogP contribution < -0.4 is 10.5 Å². The van der Waals surface area contributed by atoms with E-state index in [2.05, 4.69) is 40.1 Å². The van der Waals surface area contributed by atoms with Gasteiger partial charge >= 0.3 is 5.63 Å². The highest BCUT2D eigenvalue weighted by molar-refractivity contribution is 5.90. The van der Waals surface area contributed by atoms with Crippen LogP contribution in [0, 0.1) is 0 Å². The average Bonchev–Trinajstić information content (AvgIpc) is 2.67. The van der Waals surface area contributed by atoms with Gasteiger partial charge in [-0.2, -0.15) is 0 Å². The number of anilines is 1. The van der Waals surface area contributed by atoms with Gasteiger partial charge < -0.3 is 9.32 Å². The molecule has 0 N–H and O–H groups in total. The maximum absolute atomic E-state index is 11.9. The molecule has 2 aromatic carbocycles. The lowest BCUT2D eigenvalue weighted by atomic mass is 10.1. The zero-order valence-corrected chi connectivity index (χ0v) is 14.2. The SMILES string of the molecule is O=c1cc(N2CCN(CCc3ccccc3)CC2)c2ccccc2o1. The molecule has 1 saturated heterocycles. The first-order chi connectivity index (χ1) is 12.3. The minimum Gasteiger partial charge on any atom is -0.423 e. The van der Waals surface area contributed by atoms with Crippen LogP contribution in [0.1, 0.15) is 5.56 Å². The highest BCUT2D eigenvalue weighted by Gasteiger charge is 2.19. The van der Waals surface area contributed by atoms with Gasteiger partial charge in [0.25, 0.3) is 0 Å². The van der Waals surface area contributed by atoms with Gasteiger partial charge in [-0.05, 0) is 24.1 Å². The van der Waals surface area contributed by atoms with E-state index in [-0.39, 0.29) is 5.63 Å². The predicted molar refractivity (Wildman–Crippen MR) is 101 cm³/mol. The smallest absolute Gasteiger partial charge is 0.338 e. The molecular formula is C21H22N2O2. The summed E-state index contributed by atoms with van der Waals surface area (Å²) in [5.41, 5.74) is 2.77. The third kappa shape index (κ3) is 3.59. The number of piperazine rings is 1. The lowest BCUT2D eigenvalue weighted by molar-refractivity contribution is 0.261. The molecule has 25 heavy (non-hydrogen) atoms. The Morgan fingerprint density at radius 1 is 0.880 bits per heavy atom. The average molecular weight is 334 g/mol. The second kappa shape index (κ2) is 7.11. The first kappa shape index (κ1) is 15.9. The van der Waals surface area contributed by atoms with E-state index in [1.165, 1.54) is 5.56 Å². The predicted octanol–water partition coefficient (Wildman–Crippen LogP) is 3.16. The van der Waals surface area contributed by atoms with Crippen molar-refractivity contribution in [1.82, 2.24) is 4.90 Å². The molecular weight excluding hydrogens is 312 g/mol. The fraction of sp³-hybridized carbons (Fsp3) is 0.286. The van der Waals surface area contributed by atoms with Gasteiger partial charge in [0.1, 0.15) is 5.58 Å². The Morgan fingerprint density at radius 3 is 2.40 bits per heavy atom. The maximum Gasteiger partial charge on any atom is 0.338 e. The van der Waals surface area contributed by atoms with E-state index in [9.17, 15) is 4.79 Å². The van der Waals surface area contributed by atoms with Gasteiger partial charge in [-0.25, -0.2) is 4.79 Å². The third-order valence-corrected chi connectivity index (χ3v) is 4.90. The van der Waals surface area contributed by atoms with E-state index in [4.69, 9.17) is 4.42 Å². The molecule has 0 bridgehead atoms. The second-order valence-electron chi connectivity index (χ2n) is 6.51. The summed E-state index contributed by atoms with van der Waals surface area (Å²) in [6, 6.07) is 20.0. The van der Waals surface area contributed by atoms with Crippen molar-refractivity contribution in [2.75, 3.05) is 37.6 Å². The van der Waals surface area contributed by atoms with Crippen LogP contribution in [0.25, 0.3) is 11.0 Å². The zero-order valence-electron chi connectivity index (χ0n) is 14.2. The molecule has 1 aromatic heterocycles. The van der Waals surface area contributed by atoms with Gasteiger partial charge in [0.15, 0.2) is 0 Å². The van der Waals surface area contributed by atoms with Gasteiger partial charge in [-0.1, -0.05) is 42.5 Å². The van der Waals surface area contributed by atoms with Crippen molar-refractivity contribution < 1.29 is 4.42 Å². The largest absolute Gasteiger partial charge is 0.423 e. The Labute approximate surface area is 147 Å². The molecule has 1 aliphatic heterocycles. The molecule has 0 unspecified atom stereocenters. The van der Waals surface area contributed by atoms with E-state index < -0.39 is 0 Å². The number of fused-ring (bicyclic) bond motifs is 1. The number of benzene rings is 2. The van der Waals surface area contributed by atoms with E-state index in [0.717, 1.165) is 50.2 Å². The molecule has 0 amide bonds. The third-order valence-electron chi connectivity index (χ3n) is 4.90. The normalized spacial score (nSPS) is 15.6. The van der Waals surface area contributed by atoms with Crippen molar-refractivity contribution in [3.63, 3.8) is 0 Å². The highest BCUT2D eigenvalue weighted by atomic mass is 16.4. The Morgan fingerprint density at radius 2 is 1.60 bits per heavy atom. The van der Waals surface area contributed by atoms with Gasteiger partial charge in [0.2, 0.25) is 0 Å². The van der Waals surface area contributed by atoms with Crippen LogP contribution in [0.2, 0.25) is 0 Å². The van der Waals surface area contributed by atoms with Gasteiger partial charge in [0.05, 0.1) is 5.69 Å². The Hall–Kier alpha value is -2.59. The Bertz CT molecular complexity index is 896. The van der Waals surface area contributed by atoms with Crippen molar-refractivity contribution in [2.45, 2.75) is 6.42 Å². The summed E-state index contributed by atoms with van der Waals surface area (Å²) in [5.74, 6) is 0. The number of para-hydroxylation sites is 1. The Kier molecular flexibility index (Phi) is 4.53. The number of hydrogen-bond acceptors (Lipinski definition) is 4. The highest BCUT2D eigenvalue weighted by Crippen LogP contribution is 2.25. The standard InChI is InChI=1S/C21H22N2O2/c24-21-16-19(18-8-4-5-9-20(18)25-21)23-14-12-22(13-15-23)11-10-17-6-2-1-3-7-17/h1-9,16H,10-15H2. The molecule has 4 nitrogen and oxygen atoms in total. The lowest BCUT2D eigenvalue weighted by Crippen LogP contribution is -2.47. The van der Waals surface area contributed by atoms with Crippen LogP contribution in [-0.2, 0) is 6.42 Å². The summed E-state index contributed by atoms with van der Waals surface area (Å²) in [7, 11) is 0. The minimum atomic E-state index is -0.278. The minimum absolute atomic E-state index is 0.278. The Balaban J connectivity index is 1.43. The zero-order chi connectivity index (χ0) is 17.1. The van der Waals surface area contributed by atoms with Crippen LogP contribution in [-0.4, -0.2) is 37.6 Å². The topological polar surface area (TPSA) is 36.7 Å². The quantitative estimate of drug-likeness (QED) is 0.687. The fourth-order valence-electron chi connectivity index (χ4n) is 3.50. The molecule has 4 rings (SSSR count). The number of nitrogens with zero attached hydrogens (tertiary/aromatic N) is 2. The number of rotatable bonds is 4. The lowest BCUT2D eigenvalue weighted by Gasteiger charge is -2.36. The summed E-state index contributed by atoms with van der Waals surface area (Å²) in [4.78, 5) is 16.7. The van der Waals surface area contributed by atoms with Crippen LogP contribution in [0.15, 0.2) is 69.9 Å². The van der Waals surface area contributed by atoms with Crippen LogP contribution in [0.5, 0.6) is 0 Å². The van der Waals surface area contributed by atoms with Crippen LogP contribution in [0.4, 0.5) is 5.69 Å². The van der Waals surface area contributed by atoms with Crippen molar-refractivity contribution >= 4 is 16.7 Å². The van der Waals surface area contributed by atoms with Crippen LogP contribution >= 0.6 is 0 Å². The monoisotopic (exact) mass is 334 g/mol. The molecule has 1 aliphatic rings. The van der Waals surface area contributed by atoms with Gasteiger partial charge in [0, 0.05) is 44.2 Å². The van der Waals surface area contributed by atoms with Crippen molar-refractivity contribution in [3.05, 3.63) is 76.6 Å². The van der Waals surface area contributed by atoms with E-state index >= 15 is 0 Å². The first-order valence-electron chi connectivity index (χ1n) is 8.84. The van der Waals surface area contributed by atoms with Crippen molar-refractivity contribution in [2.24, 2.45) is 0 Å².